The Balaban J connectivity index is 2.00. The van der Waals surface area contributed by atoms with E-state index in [0.29, 0.717) is 5.56 Å². The Kier molecular flexibility index (Phi) is 4.37. The maximum Gasteiger partial charge on any atom is 0.251 e. The molecule has 0 spiro atoms. The second-order valence-electron chi connectivity index (χ2n) is 4.93. The monoisotopic (exact) mass is 266 g/mol. The van der Waals surface area contributed by atoms with Crippen LogP contribution in [0.2, 0.25) is 0 Å². The molecule has 1 aromatic carbocycles. The fourth-order valence-corrected chi connectivity index (χ4v) is 2.33. The Morgan fingerprint density at radius 3 is 2.68 bits per heavy atom. The summed E-state index contributed by atoms with van der Waals surface area (Å²) in [7, 11) is 1.38. The van der Waals surface area contributed by atoms with E-state index in [4.69, 9.17) is 10.5 Å². The van der Waals surface area contributed by atoms with Crippen molar-refractivity contribution in [1.82, 2.24) is 5.32 Å². The van der Waals surface area contributed by atoms with E-state index in [-0.39, 0.29) is 23.7 Å². The lowest BCUT2D eigenvalue weighted by Crippen LogP contribution is -2.40. The number of nitrogens with one attached hydrogen (secondary N) is 1. The molecular formula is C14H19FN2O2. The van der Waals surface area contributed by atoms with Crippen molar-refractivity contribution in [1.29, 1.82) is 0 Å². The van der Waals surface area contributed by atoms with Crippen LogP contribution < -0.4 is 15.8 Å². The molecule has 0 atom stereocenters. The topological polar surface area (TPSA) is 64.3 Å². The number of hydrogen-bond acceptors (Lipinski definition) is 3. The van der Waals surface area contributed by atoms with Crippen LogP contribution in [-0.4, -0.2) is 25.1 Å². The van der Waals surface area contributed by atoms with Crippen LogP contribution in [0.5, 0.6) is 5.75 Å². The molecule has 1 aliphatic carbocycles. The van der Waals surface area contributed by atoms with E-state index in [1.807, 2.05) is 0 Å². The van der Waals surface area contributed by atoms with Gasteiger partial charge in [0.25, 0.3) is 5.91 Å². The summed E-state index contributed by atoms with van der Waals surface area (Å²) < 4.78 is 18.1. The van der Waals surface area contributed by atoms with Crippen molar-refractivity contribution >= 4 is 5.91 Å². The van der Waals surface area contributed by atoms with Gasteiger partial charge in [-0.1, -0.05) is 0 Å². The van der Waals surface area contributed by atoms with Gasteiger partial charge in [-0.25, -0.2) is 4.39 Å². The summed E-state index contributed by atoms with van der Waals surface area (Å²) in [6, 6.07) is 4.52. The summed E-state index contributed by atoms with van der Waals surface area (Å²) in [6.45, 7) is 0. The first-order valence-electron chi connectivity index (χ1n) is 6.50. The van der Waals surface area contributed by atoms with Crippen molar-refractivity contribution in [3.05, 3.63) is 29.6 Å². The summed E-state index contributed by atoms with van der Waals surface area (Å²) in [6.07, 6.45) is 3.64. The zero-order valence-corrected chi connectivity index (χ0v) is 11.0. The molecule has 19 heavy (non-hydrogen) atoms. The first kappa shape index (κ1) is 13.8. The Bertz CT molecular complexity index is 457. The first-order valence-corrected chi connectivity index (χ1v) is 6.50. The van der Waals surface area contributed by atoms with Crippen molar-refractivity contribution < 1.29 is 13.9 Å². The number of methoxy groups -OCH3 is 1. The third kappa shape index (κ3) is 3.44. The van der Waals surface area contributed by atoms with Gasteiger partial charge in [-0.3, -0.25) is 4.79 Å². The van der Waals surface area contributed by atoms with Crippen LogP contribution in [0.25, 0.3) is 0 Å². The molecule has 104 valence electrons. The molecule has 2 rings (SSSR count). The third-order valence-corrected chi connectivity index (χ3v) is 3.52. The molecule has 0 saturated heterocycles. The van der Waals surface area contributed by atoms with Gasteiger partial charge in [0, 0.05) is 17.6 Å². The number of rotatable bonds is 3. The number of ether oxygens (including phenoxy) is 1. The summed E-state index contributed by atoms with van der Waals surface area (Å²) in [5.41, 5.74) is 6.23. The smallest absolute Gasteiger partial charge is 0.251 e. The molecule has 0 aromatic heterocycles. The summed E-state index contributed by atoms with van der Waals surface area (Å²) in [5, 5.41) is 2.95. The van der Waals surface area contributed by atoms with Gasteiger partial charge < -0.3 is 15.8 Å². The second kappa shape index (κ2) is 6.02. The molecule has 0 heterocycles. The first-order chi connectivity index (χ1) is 9.10. The van der Waals surface area contributed by atoms with E-state index in [2.05, 4.69) is 5.32 Å². The van der Waals surface area contributed by atoms with Crippen molar-refractivity contribution in [3.63, 3.8) is 0 Å². The number of amides is 1. The van der Waals surface area contributed by atoms with Crippen LogP contribution in [-0.2, 0) is 0 Å². The maximum atomic E-state index is 13.3. The molecule has 0 unspecified atom stereocenters. The predicted molar refractivity (Wildman–Crippen MR) is 70.6 cm³/mol. The van der Waals surface area contributed by atoms with E-state index >= 15 is 0 Å². The molecule has 1 fully saturated rings. The van der Waals surface area contributed by atoms with Crippen LogP contribution in [0.4, 0.5) is 4.39 Å². The SMILES string of the molecule is COc1cc(C(=O)NC2CCC(N)CC2)ccc1F. The standard InChI is InChI=1S/C14H19FN2O2/c1-19-13-8-9(2-7-12(13)15)14(18)17-11-5-3-10(16)4-6-11/h2,7-8,10-11H,3-6,16H2,1H3,(H,17,18). The van der Waals surface area contributed by atoms with E-state index in [9.17, 15) is 9.18 Å². The lowest BCUT2D eigenvalue weighted by atomic mass is 9.91. The summed E-state index contributed by atoms with van der Waals surface area (Å²) in [5.74, 6) is -0.584. The quantitative estimate of drug-likeness (QED) is 0.877. The normalized spacial score (nSPS) is 22.9. The molecule has 3 N–H and O–H groups in total. The van der Waals surface area contributed by atoms with E-state index in [1.54, 1.807) is 0 Å². The van der Waals surface area contributed by atoms with Crippen molar-refractivity contribution in [2.24, 2.45) is 5.73 Å². The molecule has 0 bridgehead atoms. The molecule has 4 nitrogen and oxygen atoms in total. The average molecular weight is 266 g/mol. The van der Waals surface area contributed by atoms with Gasteiger partial charge in [-0.05, 0) is 43.9 Å². The minimum absolute atomic E-state index is 0.0818. The molecule has 5 heteroatoms. The number of hydrogen-bond donors (Lipinski definition) is 2. The van der Waals surface area contributed by atoms with Gasteiger partial charge in [0.15, 0.2) is 11.6 Å². The summed E-state index contributed by atoms with van der Waals surface area (Å²) >= 11 is 0. The summed E-state index contributed by atoms with van der Waals surface area (Å²) in [4.78, 5) is 12.1. The predicted octanol–water partition coefficient (Wildman–Crippen LogP) is 1.83. The Hall–Kier alpha value is -1.62. The minimum Gasteiger partial charge on any atom is -0.494 e. The average Bonchev–Trinajstić information content (AvgIpc) is 2.42. The van der Waals surface area contributed by atoms with Gasteiger partial charge in [0.05, 0.1) is 7.11 Å². The lowest BCUT2D eigenvalue weighted by Gasteiger charge is -2.26. The van der Waals surface area contributed by atoms with Gasteiger partial charge in [0.2, 0.25) is 0 Å². The molecule has 1 saturated carbocycles. The van der Waals surface area contributed by atoms with Crippen LogP contribution in [0.1, 0.15) is 36.0 Å². The Labute approximate surface area is 112 Å². The largest absolute Gasteiger partial charge is 0.494 e. The van der Waals surface area contributed by atoms with Crippen LogP contribution in [0.15, 0.2) is 18.2 Å². The van der Waals surface area contributed by atoms with Crippen LogP contribution in [0, 0.1) is 5.82 Å². The zero-order valence-electron chi connectivity index (χ0n) is 11.0. The van der Waals surface area contributed by atoms with Gasteiger partial charge in [0.1, 0.15) is 0 Å². The Morgan fingerprint density at radius 2 is 2.05 bits per heavy atom. The fraction of sp³-hybridized carbons (Fsp3) is 0.500. The van der Waals surface area contributed by atoms with Gasteiger partial charge in [-0.2, -0.15) is 0 Å². The maximum absolute atomic E-state index is 13.3. The zero-order chi connectivity index (χ0) is 13.8. The molecule has 1 aromatic rings. The second-order valence-corrected chi connectivity index (χ2v) is 4.93. The molecule has 1 aliphatic rings. The van der Waals surface area contributed by atoms with Crippen LogP contribution >= 0.6 is 0 Å². The van der Waals surface area contributed by atoms with E-state index in [1.165, 1.54) is 25.3 Å². The van der Waals surface area contributed by atoms with E-state index < -0.39 is 5.82 Å². The minimum atomic E-state index is -0.470. The van der Waals surface area contributed by atoms with Gasteiger partial charge >= 0.3 is 0 Å². The van der Waals surface area contributed by atoms with E-state index in [0.717, 1.165) is 25.7 Å². The van der Waals surface area contributed by atoms with Crippen LogP contribution in [0.3, 0.4) is 0 Å². The van der Waals surface area contributed by atoms with Gasteiger partial charge in [-0.15, -0.1) is 0 Å². The number of carbonyl (C=O) groups excluding carboxylic acids is 1. The number of carbonyl (C=O) groups is 1. The number of halogens is 1. The molecular weight excluding hydrogens is 247 g/mol. The van der Waals surface area contributed by atoms with Crippen molar-refractivity contribution in [2.75, 3.05) is 7.11 Å². The third-order valence-electron chi connectivity index (χ3n) is 3.52. The highest BCUT2D eigenvalue weighted by atomic mass is 19.1. The van der Waals surface area contributed by atoms with Crippen molar-refractivity contribution in [3.8, 4) is 5.75 Å². The highest BCUT2D eigenvalue weighted by Gasteiger charge is 2.21. The highest BCUT2D eigenvalue weighted by molar-refractivity contribution is 5.94. The Morgan fingerprint density at radius 1 is 1.37 bits per heavy atom. The number of benzene rings is 1. The fourth-order valence-electron chi connectivity index (χ4n) is 2.33. The molecule has 0 radical (unpaired) electrons. The lowest BCUT2D eigenvalue weighted by molar-refractivity contribution is 0.0925. The number of nitrogens with two attached hydrogens (primary N) is 1. The molecule has 1 amide bonds. The highest BCUT2D eigenvalue weighted by Crippen LogP contribution is 2.20. The van der Waals surface area contributed by atoms with Crippen molar-refractivity contribution in [2.45, 2.75) is 37.8 Å². The molecule has 0 aliphatic heterocycles.